The summed E-state index contributed by atoms with van der Waals surface area (Å²) in [4.78, 5) is 28.1. The molecule has 8 nitrogen and oxygen atoms in total. The zero-order valence-corrected chi connectivity index (χ0v) is 18.3. The first-order chi connectivity index (χ1) is 15.8. The van der Waals surface area contributed by atoms with Crippen LogP contribution in [0, 0.1) is 18.2 Å². The molecule has 3 N–H and O–H groups in total. The maximum Gasteiger partial charge on any atom is 0.235 e. The van der Waals surface area contributed by atoms with Gasteiger partial charge >= 0.3 is 0 Å². The second-order valence-electron chi connectivity index (χ2n) is 8.09. The number of hydrogen-bond acceptors (Lipinski definition) is 5. The standard InChI is InChI=1S/C23H19ClFN5O3/c1-12-28-20(29-33-12)19-18(24)16-10-14(25)4-7-17(16)30(19)15-5-2-13(3-6-15)11-27-22(32)23(8-9-23)21(26)31/h2-7,10H,8-9,11H2,1H3,(H2,26,31)(H,27,32). The highest BCUT2D eigenvalue weighted by molar-refractivity contribution is 6.38. The number of hydrogen-bond donors (Lipinski definition) is 2. The van der Waals surface area contributed by atoms with E-state index >= 15 is 0 Å². The van der Waals surface area contributed by atoms with Gasteiger partial charge in [0.1, 0.15) is 16.9 Å². The molecule has 0 radical (unpaired) electrons. The van der Waals surface area contributed by atoms with Gasteiger partial charge in [0.2, 0.25) is 23.5 Å². The van der Waals surface area contributed by atoms with E-state index in [0.29, 0.717) is 40.4 Å². The lowest BCUT2D eigenvalue weighted by atomic mass is 10.1. The number of benzene rings is 2. The third kappa shape index (κ3) is 3.54. The first-order valence-corrected chi connectivity index (χ1v) is 10.7. The van der Waals surface area contributed by atoms with E-state index in [0.717, 1.165) is 11.3 Å². The van der Waals surface area contributed by atoms with Crippen molar-refractivity contribution >= 4 is 34.3 Å². The van der Waals surface area contributed by atoms with E-state index in [1.807, 2.05) is 28.8 Å². The normalized spacial score (nSPS) is 14.4. The Morgan fingerprint density at radius 2 is 1.97 bits per heavy atom. The molecular weight excluding hydrogens is 449 g/mol. The van der Waals surface area contributed by atoms with Gasteiger partial charge in [0, 0.05) is 24.5 Å². The third-order valence-electron chi connectivity index (χ3n) is 5.91. The molecule has 5 rings (SSSR count). The third-order valence-corrected chi connectivity index (χ3v) is 6.29. The Labute approximate surface area is 192 Å². The molecular formula is C23H19ClFN5O3. The predicted octanol–water partition coefficient (Wildman–Crippen LogP) is 3.66. The number of amides is 2. The molecule has 1 aliphatic rings. The van der Waals surface area contributed by atoms with E-state index in [2.05, 4.69) is 15.5 Å². The Kier molecular flexibility index (Phi) is 4.93. The van der Waals surface area contributed by atoms with Crippen LogP contribution in [0.4, 0.5) is 4.39 Å². The average Bonchev–Trinajstić information content (AvgIpc) is 3.44. The van der Waals surface area contributed by atoms with Crippen LogP contribution in [0.1, 0.15) is 24.3 Å². The molecule has 1 saturated carbocycles. The molecule has 2 amide bonds. The van der Waals surface area contributed by atoms with E-state index < -0.39 is 17.1 Å². The first-order valence-electron chi connectivity index (χ1n) is 10.3. The van der Waals surface area contributed by atoms with Crippen LogP contribution < -0.4 is 11.1 Å². The van der Waals surface area contributed by atoms with Gasteiger partial charge in [-0.1, -0.05) is 28.9 Å². The summed E-state index contributed by atoms with van der Waals surface area (Å²) in [6, 6.07) is 11.7. The smallest absolute Gasteiger partial charge is 0.235 e. The number of carbonyl (C=O) groups excluding carboxylic acids is 2. The van der Waals surface area contributed by atoms with Crippen molar-refractivity contribution in [1.29, 1.82) is 0 Å². The Morgan fingerprint density at radius 1 is 1.24 bits per heavy atom. The van der Waals surface area contributed by atoms with Gasteiger partial charge < -0.3 is 20.1 Å². The van der Waals surface area contributed by atoms with Crippen molar-refractivity contribution in [2.45, 2.75) is 26.3 Å². The summed E-state index contributed by atoms with van der Waals surface area (Å²) in [5.74, 6) is -0.689. The van der Waals surface area contributed by atoms with Crippen molar-refractivity contribution < 1.29 is 18.5 Å². The van der Waals surface area contributed by atoms with Crippen LogP contribution in [-0.2, 0) is 16.1 Å². The van der Waals surface area contributed by atoms with Gasteiger partial charge in [-0.25, -0.2) is 4.39 Å². The summed E-state index contributed by atoms with van der Waals surface area (Å²) in [6.45, 7) is 1.92. The number of fused-ring (bicyclic) bond motifs is 1. The van der Waals surface area contributed by atoms with Crippen LogP contribution >= 0.6 is 11.6 Å². The average molecular weight is 468 g/mol. The number of rotatable bonds is 6. The minimum Gasteiger partial charge on any atom is -0.369 e. The van der Waals surface area contributed by atoms with Crippen molar-refractivity contribution in [3.05, 3.63) is 64.8 Å². The maximum atomic E-state index is 13.9. The van der Waals surface area contributed by atoms with Crippen LogP contribution in [0.5, 0.6) is 0 Å². The molecule has 0 bridgehead atoms. The van der Waals surface area contributed by atoms with Crippen LogP contribution in [0.2, 0.25) is 5.02 Å². The van der Waals surface area contributed by atoms with E-state index in [-0.39, 0.29) is 18.3 Å². The van der Waals surface area contributed by atoms with Crippen LogP contribution in [0.3, 0.4) is 0 Å². The molecule has 1 fully saturated rings. The molecule has 168 valence electrons. The molecule has 0 atom stereocenters. The zero-order valence-electron chi connectivity index (χ0n) is 17.6. The van der Waals surface area contributed by atoms with E-state index in [4.69, 9.17) is 21.9 Å². The number of carbonyl (C=O) groups is 2. The number of nitrogens with one attached hydrogen (secondary N) is 1. The molecule has 10 heteroatoms. The van der Waals surface area contributed by atoms with Gasteiger partial charge in [-0.3, -0.25) is 9.59 Å². The number of nitrogens with zero attached hydrogens (tertiary/aromatic N) is 3. The fraction of sp³-hybridized carbons (Fsp3) is 0.217. The quantitative estimate of drug-likeness (QED) is 0.420. The molecule has 0 spiro atoms. The van der Waals surface area contributed by atoms with Gasteiger partial charge in [-0.05, 0) is 48.7 Å². The van der Waals surface area contributed by atoms with Crippen LogP contribution in [0.15, 0.2) is 47.0 Å². The lowest BCUT2D eigenvalue weighted by Crippen LogP contribution is -2.40. The van der Waals surface area contributed by atoms with Gasteiger partial charge in [-0.15, -0.1) is 0 Å². The van der Waals surface area contributed by atoms with E-state index in [9.17, 15) is 14.0 Å². The summed E-state index contributed by atoms with van der Waals surface area (Å²) in [5.41, 5.74) is 7.02. The highest BCUT2D eigenvalue weighted by Crippen LogP contribution is 2.45. The predicted molar refractivity (Wildman–Crippen MR) is 119 cm³/mol. The Balaban J connectivity index is 1.49. The molecule has 2 aromatic heterocycles. The molecule has 2 aromatic carbocycles. The summed E-state index contributed by atoms with van der Waals surface area (Å²) in [6.07, 6.45) is 0.959. The van der Waals surface area contributed by atoms with Crippen molar-refractivity contribution in [3.63, 3.8) is 0 Å². The van der Waals surface area contributed by atoms with Crippen molar-refractivity contribution in [3.8, 4) is 17.2 Å². The summed E-state index contributed by atoms with van der Waals surface area (Å²) in [7, 11) is 0. The second-order valence-corrected chi connectivity index (χ2v) is 8.47. The van der Waals surface area contributed by atoms with Crippen molar-refractivity contribution in [2.75, 3.05) is 0 Å². The lowest BCUT2D eigenvalue weighted by Gasteiger charge is -2.13. The maximum absolute atomic E-state index is 13.9. The van der Waals surface area contributed by atoms with Crippen LogP contribution in [0.25, 0.3) is 28.1 Å². The number of aryl methyl sites for hydroxylation is 1. The molecule has 2 heterocycles. The number of aromatic nitrogens is 3. The van der Waals surface area contributed by atoms with Crippen molar-refractivity contribution in [2.24, 2.45) is 11.1 Å². The van der Waals surface area contributed by atoms with E-state index in [1.165, 1.54) is 12.1 Å². The molecule has 0 unspecified atom stereocenters. The van der Waals surface area contributed by atoms with Gasteiger partial charge in [0.05, 0.1) is 10.5 Å². The molecule has 33 heavy (non-hydrogen) atoms. The Bertz CT molecular complexity index is 1410. The summed E-state index contributed by atoms with van der Waals surface area (Å²) in [5, 5.41) is 7.60. The van der Waals surface area contributed by atoms with Crippen LogP contribution in [-0.4, -0.2) is 26.5 Å². The number of primary amides is 1. The topological polar surface area (TPSA) is 116 Å². The van der Waals surface area contributed by atoms with Crippen molar-refractivity contribution in [1.82, 2.24) is 20.0 Å². The summed E-state index contributed by atoms with van der Waals surface area (Å²) >= 11 is 6.62. The molecule has 1 aliphatic carbocycles. The summed E-state index contributed by atoms with van der Waals surface area (Å²) < 4.78 is 20.9. The molecule has 0 saturated heterocycles. The fourth-order valence-electron chi connectivity index (χ4n) is 3.91. The Morgan fingerprint density at radius 3 is 2.58 bits per heavy atom. The molecule has 4 aromatic rings. The number of halogens is 2. The lowest BCUT2D eigenvalue weighted by molar-refractivity contribution is -0.135. The zero-order chi connectivity index (χ0) is 23.3. The minimum absolute atomic E-state index is 0.253. The van der Waals surface area contributed by atoms with Gasteiger partial charge in [0.15, 0.2) is 0 Å². The van der Waals surface area contributed by atoms with Gasteiger partial charge in [0.25, 0.3) is 0 Å². The van der Waals surface area contributed by atoms with Gasteiger partial charge in [-0.2, -0.15) is 4.98 Å². The highest BCUT2D eigenvalue weighted by Gasteiger charge is 2.55. The monoisotopic (exact) mass is 467 g/mol. The SMILES string of the molecule is Cc1nc(-c2c(Cl)c3cc(F)ccc3n2-c2ccc(CNC(=O)C3(C(N)=O)CC3)cc2)no1. The minimum atomic E-state index is -1.06. The largest absolute Gasteiger partial charge is 0.369 e. The fourth-order valence-corrected chi connectivity index (χ4v) is 4.23. The Hall–Kier alpha value is -3.72. The van der Waals surface area contributed by atoms with E-state index in [1.54, 1.807) is 13.0 Å². The highest BCUT2D eigenvalue weighted by atomic mass is 35.5. The number of nitrogens with two attached hydrogens (primary N) is 1. The first kappa shape index (κ1) is 21.1. The second kappa shape index (κ2) is 7.70. The molecule has 0 aliphatic heterocycles.